The van der Waals surface area contributed by atoms with Crippen molar-refractivity contribution in [2.24, 2.45) is 0 Å². The van der Waals surface area contributed by atoms with E-state index in [9.17, 15) is 4.39 Å². The third kappa shape index (κ3) is 3.68. The van der Waals surface area contributed by atoms with Gasteiger partial charge in [0.25, 0.3) is 0 Å². The molecule has 0 saturated carbocycles. The Labute approximate surface area is 112 Å². The van der Waals surface area contributed by atoms with Gasteiger partial charge in [0.2, 0.25) is 0 Å². The Bertz CT molecular complexity index is 558. The maximum Gasteiger partial charge on any atom is 0.165 e. The van der Waals surface area contributed by atoms with Crippen LogP contribution in [0.1, 0.15) is 18.2 Å². The van der Waals surface area contributed by atoms with Gasteiger partial charge in [-0.05, 0) is 43.7 Å². The highest BCUT2D eigenvalue weighted by atomic mass is 19.1. The van der Waals surface area contributed by atoms with Gasteiger partial charge in [0.1, 0.15) is 12.4 Å². The highest BCUT2D eigenvalue weighted by molar-refractivity contribution is 5.35. The average Bonchev–Trinajstić information content (AvgIpc) is 2.41. The molecule has 3 nitrogen and oxygen atoms in total. The molecule has 0 spiro atoms. The molecule has 2 aromatic rings. The Balaban J connectivity index is 2.05. The normalized spacial score (nSPS) is 10.3. The van der Waals surface area contributed by atoms with Gasteiger partial charge in [-0.25, -0.2) is 9.37 Å². The minimum Gasteiger partial charge on any atom is -0.484 e. The summed E-state index contributed by atoms with van der Waals surface area (Å²) in [7, 11) is 0. The summed E-state index contributed by atoms with van der Waals surface area (Å²) in [6.45, 7) is 4.97. The van der Waals surface area contributed by atoms with Gasteiger partial charge in [-0.1, -0.05) is 12.1 Å². The van der Waals surface area contributed by atoms with Crippen LogP contribution in [0.2, 0.25) is 0 Å². The molecule has 100 valence electrons. The number of nitrogens with zero attached hydrogens (tertiary/aromatic N) is 1. The number of ether oxygens (including phenoxy) is 1. The molecule has 1 N–H and O–H groups in total. The maximum absolute atomic E-state index is 13.5. The van der Waals surface area contributed by atoms with Crippen LogP contribution in [-0.4, -0.2) is 11.5 Å². The lowest BCUT2D eigenvalue weighted by atomic mass is 10.2. The SMILES string of the molecule is CCNc1cccc(COc2cc(C)ccc2F)n1. The van der Waals surface area contributed by atoms with E-state index in [0.717, 1.165) is 23.6 Å². The monoisotopic (exact) mass is 260 g/mol. The predicted octanol–water partition coefficient (Wildman–Crippen LogP) is 3.54. The second kappa shape index (κ2) is 6.18. The number of aryl methyl sites for hydroxylation is 1. The van der Waals surface area contributed by atoms with E-state index < -0.39 is 0 Å². The molecule has 1 aromatic carbocycles. The van der Waals surface area contributed by atoms with E-state index in [2.05, 4.69) is 10.3 Å². The fourth-order valence-electron chi connectivity index (χ4n) is 1.71. The minimum absolute atomic E-state index is 0.250. The molecule has 0 radical (unpaired) electrons. The van der Waals surface area contributed by atoms with Crippen LogP contribution in [0, 0.1) is 12.7 Å². The van der Waals surface area contributed by atoms with E-state index in [1.807, 2.05) is 32.0 Å². The van der Waals surface area contributed by atoms with Crippen LogP contribution in [0.15, 0.2) is 36.4 Å². The third-order valence-corrected chi connectivity index (χ3v) is 2.63. The van der Waals surface area contributed by atoms with Crippen LogP contribution in [0.25, 0.3) is 0 Å². The molecule has 1 aromatic heterocycles. The van der Waals surface area contributed by atoms with Gasteiger partial charge >= 0.3 is 0 Å². The smallest absolute Gasteiger partial charge is 0.165 e. The molecular formula is C15H17FN2O. The highest BCUT2D eigenvalue weighted by Gasteiger charge is 2.04. The van der Waals surface area contributed by atoms with Crippen molar-refractivity contribution in [2.45, 2.75) is 20.5 Å². The summed E-state index contributed by atoms with van der Waals surface area (Å²) in [6, 6.07) is 10.5. The molecule has 4 heteroatoms. The summed E-state index contributed by atoms with van der Waals surface area (Å²) in [6.07, 6.45) is 0. The zero-order valence-electron chi connectivity index (χ0n) is 11.1. The lowest BCUT2D eigenvalue weighted by molar-refractivity contribution is 0.286. The molecular weight excluding hydrogens is 243 g/mol. The van der Waals surface area contributed by atoms with Crippen molar-refractivity contribution < 1.29 is 9.13 Å². The van der Waals surface area contributed by atoms with Gasteiger partial charge in [0.15, 0.2) is 11.6 Å². The number of benzene rings is 1. The lowest BCUT2D eigenvalue weighted by Crippen LogP contribution is -2.04. The van der Waals surface area contributed by atoms with E-state index in [4.69, 9.17) is 4.74 Å². The Hall–Kier alpha value is -2.10. The maximum atomic E-state index is 13.5. The summed E-state index contributed by atoms with van der Waals surface area (Å²) in [4.78, 5) is 4.37. The summed E-state index contributed by atoms with van der Waals surface area (Å²) >= 11 is 0. The molecule has 0 aliphatic rings. The Kier molecular flexibility index (Phi) is 4.34. The summed E-state index contributed by atoms with van der Waals surface area (Å²) in [5.41, 5.74) is 1.73. The van der Waals surface area contributed by atoms with Crippen LogP contribution < -0.4 is 10.1 Å². The van der Waals surface area contributed by atoms with E-state index in [0.29, 0.717) is 0 Å². The van der Waals surface area contributed by atoms with Crippen molar-refractivity contribution in [3.05, 3.63) is 53.5 Å². The molecule has 19 heavy (non-hydrogen) atoms. The molecule has 0 amide bonds. The highest BCUT2D eigenvalue weighted by Crippen LogP contribution is 2.19. The standard InChI is InChI=1S/C15H17FN2O/c1-3-17-15-6-4-5-12(18-15)10-19-14-9-11(2)7-8-13(14)16/h4-9H,3,10H2,1-2H3,(H,17,18). The first-order valence-electron chi connectivity index (χ1n) is 6.28. The Morgan fingerprint density at radius 3 is 2.89 bits per heavy atom. The first-order chi connectivity index (χ1) is 9.19. The van der Waals surface area contributed by atoms with Crippen molar-refractivity contribution in [3.63, 3.8) is 0 Å². The van der Waals surface area contributed by atoms with Crippen LogP contribution in [-0.2, 0) is 6.61 Å². The first kappa shape index (κ1) is 13.3. The zero-order valence-corrected chi connectivity index (χ0v) is 11.1. The second-order valence-corrected chi connectivity index (χ2v) is 4.27. The molecule has 0 saturated heterocycles. The third-order valence-electron chi connectivity index (χ3n) is 2.63. The fourth-order valence-corrected chi connectivity index (χ4v) is 1.71. The van der Waals surface area contributed by atoms with Crippen molar-refractivity contribution in [3.8, 4) is 5.75 Å². The molecule has 1 heterocycles. The second-order valence-electron chi connectivity index (χ2n) is 4.27. The van der Waals surface area contributed by atoms with Gasteiger partial charge in [-0.15, -0.1) is 0 Å². The molecule has 0 aliphatic heterocycles. The van der Waals surface area contributed by atoms with Crippen molar-refractivity contribution in [2.75, 3.05) is 11.9 Å². The topological polar surface area (TPSA) is 34.1 Å². The van der Waals surface area contributed by atoms with Gasteiger partial charge in [-0.3, -0.25) is 0 Å². The average molecular weight is 260 g/mol. The van der Waals surface area contributed by atoms with Crippen molar-refractivity contribution in [1.29, 1.82) is 0 Å². The minimum atomic E-state index is -0.353. The number of rotatable bonds is 5. The summed E-state index contributed by atoms with van der Waals surface area (Å²) in [5, 5.41) is 3.13. The number of pyridine rings is 1. The number of hydrogen-bond donors (Lipinski definition) is 1. The van der Waals surface area contributed by atoms with Gasteiger partial charge in [0, 0.05) is 6.54 Å². The van der Waals surface area contributed by atoms with Gasteiger partial charge in [0.05, 0.1) is 5.69 Å². The predicted molar refractivity (Wildman–Crippen MR) is 73.9 cm³/mol. The Morgan fingerprint density at radius 2 is 2.11 bits per heavy atom. The number of nitrogens with one attached hydrogen (secondary N) is 1. The molecule has 0 unspecified atom stereocenters. The van der Waals surface area contributed by atoms with Gasteiger partial charge in [-0.2, -0.15) is 0 Å². The first-order valence-corrected chi connectivity index (χ1v) is 6.28. The van der Waals surface area contributed by atoms with Gasteiger partial charge < -0.3 is 10.1 Å². The van der Waals surface area contributed by atoms with Crippen molar-refractivity contribution >= 4 is 5.82 Å². The summed E-state index contributed by atoms with van der Waals surface area (Å²) < 4.78 is 19.0. The van der Waals surface area contributed by atoms with Crippen LogP contribution in [0.3, 0.4) is 0 Å². The quantitative estimate of drug-likeness (QED) is 0.892. The largest absolute Gasteiger partial charge is 0.484 e. The molecule has 0 bridgehead atoms. The number of aromatic nitrogens is 1. The van der Waals surface area contributed by atoms with E-state index in [1.165, 1.54) is 6.07 Å². The van der Waals surface area contributed by atoms with E-state index in [1.54, 1.807) is 12.1 Å². The van der Waals surface area contributed by atoms with E-state index in [-0.39, 0.29) is 18.2 Å². The zero-order chi connectivity index (χ0) is 13.7. The van der Waals surface area contributed by atoms with Crippen LogP contribution >= 0.6 is 0 Å². The Morgan fingerprint density at radius 1 is 1.26 bits per heavy atom. The number of anilines is 1. The molecule has 2 rings (SSSR count). The number of hydrogen-bond acceptors (Lipinski definition) is 3. The van der Waals surface area contributed by atoms with Crippen molar-refractivity contribution in [1.82, 2.24) is 4.98 Å². The fraction of sp³-hybridized carbons (Fsp3) is 0.267. The molecule has 0 atom stereocenters. The van der Waals surface area contributed by atoms with E-state index >= 15 is 0 Å². The lowest BCUT2D eigenvalue weighted by Gasteiger charge is -2.09. The molecule has 0 fully saturated rings. The summed E-state index contributed by atoms with van der Waals surface area (Å²) in [5.74, 6) is 0.706. The molecule has 0 aliphatic carbocycles. The van der Waals surface area contributed by atoms with Crippen LogP contribution in [0.5, 0.6) is 5.75 Å². The number of halogens is 1. The van der Waals surface area contributed by atoms with Crippen LogP contribution in [0.4, 0.5) is 10.2 Å².